The molecule has 12 nitrogen and oxygen atoms in total. The molecule has 1 aliphatic heterocycles. The molecule has 1 amide bonds. The van der Waals surface area contributed by atoms with Crippen LogP contribution in [-0.4, -0.2) is 67.6 Å². The number of carbonyl (C=O) groups is 2. The zero-order chi connectivity index (χ0) is 23.2. The van der Waals surface area contributed by atoms with Gasteiger partial charge in [0, 0.05) is 6.20 Å². The highest BCUT2D eigenvalue weighted by Crippen LogP contribution is 2.35. The Morgan fingerprint density at radius 2 is 2.03 bits per heavy atom. The van der Waals surface area contributed by atoms with Crippen LogP contribution in [0.15, 0.2) is 6.20 Å². The number of nitrogens with two attached hydrogens (primary N) is 3. The molecule has 164 valence electrons. The van der Waals surface area contributed by atoms with Crippen LogP contribution in [0.5, 0.6) is 0 Å². The third-order valence-corrected chi connectivity index (χ3v) is 4.90. The van der Waals surface area contributed by atoms with Crippen LogP contribution in [0, 0.1) is 12.8 Å². The van der Waals surface area contributed by atoms with E-state index in [1.54, 1.807) is 20.8 Å². The summed E-state index contributed by atoms with van der Waals surface area (Å²) in [7, 11) is 0. The van der Waals surface area contributed by atoms with Gasteiger partial charge < -0.3 is 41.5 Å². The number of carbonyl (C=O) groups excluding carboxylic acids is 2. The smallest absolute Gasteiger partial charge is 0.323 e. The molecule has 3 heterocycles. The molecule has 4 unspecified atom stereocenters. The Hall–Kier alpha value is -2.80. The largest absolute Gasteiger partial charge is 0.462 e. The first-order chi connectivity index (χ1) is 14.4. The topological polar surface area (TPSA) is 202 Å². The monoisotopic (exact) mass is 423 g/mol. The third-order valence-electron chi connectivity index (χ3n) is 4.90. The van der Waals surface area contributed by atoms with Crippen molar-refractivity contribution in [2.45, 2.75) is 51.3 Å². The number of aryl methyl sites for hydroxylation is 1. The minimum absolute atomic E-state index is 0.0134. The molecule has 5 atom stereocenters. The summed E-state index contributed by atoms with van der Waals surface area (Å²) in [5.41, 5.74) is 17.0. The van der Waals surface area contributed by atoms with Crippen LogP contribution in [-0.2, 0) is 14.3 Å². The lowest BCUT2D eigenvalue weighted by atomic mass is 10.1. The molecule has 0 aliphatic carbocycles. The fourth-order valence-electron chi connectivity index (χ4n) is 3.13. The molecule has 2 aromatic rings. The van der Waals surface area contributed by atoms with Crippen molar-refractivity contribution in [2.24, 2.45) is 17.4 Å². The van der Waals surface area contributed by atoms with Crippen molar-refractivity contribution in [3.05, 3.63) is 17.6 Å². The van der Waals surface area contributed by atoms with E-state index in [1.807, 2.05) is 0 Å². The number of hydrogen-bond donors (Lipinski definition) is 5. The van der Waals surface area contributed by atoms with Gasteiger partial charge in [-0.15, -0.1) is 0 Å². The van der Waals surface area contributed by atoms with E-state index in [9.17, 15) is 19.8 Å². The highest BCUT2D eigenvalue weighted by Gasteiger charge is 2.45. The van der Waals surface area contributed by atoms with E-state index in [0.717, 1.165) is 10.8 Å². The molecular formula is C18H26N6O6. The standard InChI is InChI=1S/C18H26N6O6/c1-6(2)11(19)18(28)29-5-9-12(25)13(26)17(30-9)24-4-8(15(21)27)10-14(20)22-7(3)23-16(10)24/h4,6,9,11-13,17,25-26H,5,19H2,1-3H3,(H2,21,27)(H2,20,22,23)/t9?,11-,12?,13?,17?/m0/s1/i17D. The van der Waals surface area contributed by atoms with E-state index in [1.165, 1.54) is 0 Å². The lowest BCUT2D eigenvalue weighted by Gasteiger charge is -2.18. The van der Waals surface area contributed by atoms with Crippen LogP contribution in [0.25, 0.3) is 11.0 Å². The van der Waals surface area contributed by atoms with Gasteiger partial charge in [0.2, 0.25) is 0 Å². The molecule has 0 saturated carbocycles. The summed E-state index contributed by atoms with van der Waals surface area (Å²) in [5.74, 6) is -1.53. The van der Waals surface area contributed by atoms with E-state index >= 15 is 0 Å². The minimum Gasteiger partial charge on any atom is -0.462 e. The number of primary amides is 1. The fraction of sp³-hybridized carbons (Fsp3) is 0.556. The summed E-state index contributed by atoms with van der Waals surface area (Å²) < 4.78 is 20.4. The summed E-state index contributed by atoms with van der Waals surface area (Å²) in [5, 5.41) is 21.1. The van der Waals surface area contributed by atoms with Crippen LogP contribution < -0.4 is 17.2 Å². The Kier molecular flexibility index (Phi) is 5.56. The van der Waals surface area contributed by atoms with Gasteiger partial charge in [0.25, 0.3) is 5.91 Å². The zero-order valence-electron chi connectivity index (χ0n) is 17.8. The van der Waals surface area contributed by atoms with Gasteiger partial charge in [0.15, 0.2) is 6.20 Å². The van der Waals surface area contributed by atoms with Crippen molar-refractivity contribution in [1.29, 1.82) is 0 Å². The van der Waals surface area contributed by atoms with Gasteiger partial charge in [0.1, 0.15) is 48.3 Å². The van der Waals surface area contributed by atoms with Crippen molar-refractivity contribution in [3.8, 4) is 0 Å². The summed E-state index contributed by atoms with van der Waals surface area (Å²) in [4.78, 5) is 32.1. The first-order valence-electron chi connectivity index (χ1n) is 9.80. The highest BCUT2D eigenvalue weighted by molar-refractivity contribution is 6.08. The molecule has 2 aromatic heterocycles. The molecule has 0 spiro atoms. The van der Waals surface area contributed by atoms with Crippen LogP contribution >= 0.6 is 0 Å². The van der Waals surface area contributed by atoms with E-state index in [0.29, 0.717) is 0 Å². The molecule has 0 bridgehead atoms. The summed E-state index contributed by atoms with van der Waals surface area (Å²) in [6.07, 6.45) is -5.79. The highest BCUT2D eigenvalue weighted by atomic mass is 16.6. The van der Waals surface area contributed by atoms with Crippen molar-refractivity contribution in [3.63, 3.8) is 0 Å². The average Bonchev–Trinajstić information content (AvgIpc) is 3.18. The molecule has 0 aromatic carbocycles. The molecule has 12 heteroatoms. The number of aliphatic hydroxyl groups is 2. The average molecular weight is 423 g/mol. The lowest BCUT2D eigenvalue weighted by Crippen LogP contribution is -2.40. The Bertz CT molecular complexity index is 1030. The van der Waals surface area contributed by atoms with Gasteiger partial charge in [-0.2, -0.15) is 0 Å². The van der Waals surface area contributed by atoms with E-state index in [2.05, 4.69) is 9.97 Å². The third kappa shape index (κ3) is 3.81. The van der Waals surface area contributed by atoms with Gasteiger partial charge in [-0.3, -0.25) is 9.59 Å². The maximum atomic E-state index is 12.0. The molecule has 1 fully saturated rings. The molecule has 30 heavy (non-hydrogen) atoms. The first kappa shape index (κ1) is 20.5. The number of amides is 1. The Balaban J connectivity index is 1.97. The predicted octanol–water partition coefficient (Wildman–Crippen LogP) is -1.43. The summed E-state index contributed by atoms with van der Waals surface area (Å²) in [6.45, 7) is 4.59. The van der Waals surface area contributed by atoms with Crippen LogP contribution in [0.1, 0.15) is 37.6 Å². The molecular weight excluding hydrogens is 396 g/mol. The number of hydrogen-bond acceptors (Lipinski definition) is 10. The second-order valence-electron chi connectivity index (χ2n) is 7.46. The molecule has 1 saturated heterocycles. The lowest BCUT2D eigenvalue weighted by molar-refractivity contribution is -0.152. The Labute approximate surface area is 173 Å². The van der Waals surface area contributed by atoms with Crippen molar-refractivity contribution >= 4 is 28.7 Å². The molecule has 0 radical (unpaired) electrons. The van der Waals surface area contributed by atoms with E-state index in [-0.39, 0.29) is 34.2 Å². The van der Waals surface area contributed by atoms with Gasteiger partial charge in [-0.25, -0.2) is 9.97 Å². The number of ether oxygens (including phenoxy) is 2. The predicted molar refractivity (Wildman–Crippen MR) is 105 cm³/mol. The van der Waals surface area contributed by atoms with Crippen molar-refractivity contribution in [2.75, 3.05) is 12.3 Å². The zero-order valence-corrected chi connectivity index (χ0v) is 16.8. The van der Waals surface area contributed by atoms with Crippen LogP contribution in [0.4, 0.5) is 5.82 Å². The van der Waals surface area contributed by atoms with Gasteiger partial charge in [0.05, 0.1) is 12.3 Å². The SMILES string of the molecule is [2H]C1(n2cc(C(N)=O)c3c(N)nc(C)nc32)OC(COC(=O)[C@@H](N)C(C)C)C(O)C1O. The second-order valence-corrected chi connectivity index (χ2v) is 7.46. The number of nitrogens with zero attached hydrogens (tertiary/aromatic N) is 3. The van der Waals surface area contributed by atoms with E-state index < -0.39 is 49.0 Å². The number of anilines is 1. The van der Waals surface area contributed by atoms with Gasteiger partial charge in [-0.05, 0) is 12.8 Å². The van der Waals surface area contributed by atoms with Crippen molar-refractivity contribution in [1.82, 2.24) is 14.5 Å². The summed E-state index contributed by atoms with van der Waals surface area (Å²) in [6, 6.07) is -0.876. The minimum atomic E-state index is -2.32. The van der Waals surface area contributed by atoms with Gasteiger partial charge >= 0.3 is 5.97 Å². The second kappa shape index (κ2) is 8.14. The maximum absolute atomic E-state index is 12.0. The normalized spacial score (nSPS) is 28.0. The maximum Gasteiger partial charge on any atom is 0.323 e. The number of fused-ring (bicyclic) bond motifs is 1. The number of esters is 1. The first-order valence-corrected chi connectivity index (χ1v) is 9.30. The summed E-state index contributed by atoms with van der Waals surface area (Å²) >= 11 is 0. The van der Waals surface area contributed by atoms with Crippen molar-refractivity contribution < 1.29 is 30.6 Å². The van der Waals surface area contributed by atoms with E-state index in [4.69, 9.17) is 28.0 Å². The molecule has 3 rings (SSSR count). The fourth-order valence-corrected chi connectivity index (χ4v) is 3.13. The number of aliphatic hydroxyl groups excluding tert-OH is 2. The quantitative estimate of drug-likeness (QED) is 0.343. The van der Waals surface area contributed by atoms with Gasteiger partial charge in [-0.1, -0.05) is 13.8 Å². The number of rotatable bonds is 6. The molecule has 8 N–H and O–H groups in total. The van der Waals surface area contributed by atoms with Crippen LogP contribution in [0.3, 0.4) is 0 Å². The number of aromatic nitrogens is 3. The van der Waals surface area contributed by atoms with Crippen LogP contribution in [0.2, 0.25) is 0 Å². The molecule has 1 aliphatic rings. The number of nitrogen functional groups attached to an aromatic ring is 1. The Morgan fingerprint density at radius 3 is 2.63 bits per heavy atom. The Morgan fingerprint density at radius 1 is 1.37 bits per heavy atom.